The van der Waals surface area contributed by atoms with Gasteiger partial charge in [-0.3, -0.25) is 14.4 Å². The van der Waals surface area contributed by atoms with Gasteiger partial charge in [0.15, 0.2) is 0 Å². The maximum atomic E-state index is 13.2. The molecule has 3 aromatic carbocycles. The molecule has 0 unspecified atom stereocenters. The summed E-state index contributed by atoms with van der Waals surface area (Å²) in [5.41, 5.74) is 0.901. The standard InChI is InChI=1S/C27H22ClN3O6/c1-2-15-37-27(36)18-7-3-5-9-20(18)31-25(34)22(28)23(26(31)35)29-17-13-11-16(12-14-17)24(33)30-19-8-4-6-10-21(19)32/h3-14,29,32H,2,15H2,1H3,(H,30,33). The van der Waals surface area contributed by atoms with Gasteiger partial charge in [-0.2, -0.15) is 0 Å². The highest BCUT2D eigenvalue weighted by Crippen LogP contribution is 2.32. The quantitative estimate of drug-likeness (QED) is 0.225. The lowest BCUT2D eigenvalue weighted by atomic mass is 10.1. The van der Waals surface area contributed by atoms with Crippen LogP contribution in [0.5, 0.6) is 5.75 Å². The molecule has 0 fully saturated rings. The molecule has 188 valence electrons. The van der Waals surface area contributed by atoms with Crippen LogP contribution >= 0.6 is 11.6 Å². The first-order valence-electron chi connectivity index (χ1n) is 11.3. The van der Waals surface area contributed by atoms with E-state index in [9.17, 15) is 24.3 Å². The zero-order valence-corrected chi connectivity index (χ0v) is 20.4. The minimum atomic E-state index is -0.788. The Morgan fingerprint density at radius 2 is 1.62 bits per heavy atom. The molecule has 1 heterocycles. The molecule has 9 nitrogen and oxygen atoms in total. The summed E-state index contributed by atoms with van der Waals surface area (Å²) in [6.07, 6.45) is 0.617. The number of phenols is 1. The highest BCUT2D eigenvalue weighted by atomic mass is 35.5. The van der Waals surface area contributed by atoms with E-state index in [4.69, 9.17) is 16.3 Å². The third kappa shape index (κ3) is 5.31. The molecule has 0 bridgehead atoms. The maximum absolute atomic E-state index is 13.2. The Morgan fingerprint density at radius 3 is 2.32 bits per heavy atom. The fourth-order valence-corrected chi connectivity index (χ4v) is 3.78. The van der Waals surface area contributed by atoms with E-state index in [-0.39, 0.29) is 40.0 Å². The topological polar surface area (TPSA) is 125 Å². The lowest BCUT2D eigenvalue weighted by Crippen LogP contribution is -2.33. The number of para-hydroxylation sites is 3. The molecule has 0 aromatic heterocycles. The van der Waals surface area contributed by atoms with Gasteiger partial charge in [0.1, 0.15) is 16.5 Å². The first kappa shape index (κ1) is 25.5. The van der Waals surface area contributed by atoms with Crippen molar-refractivity contribution in [2.45, 2.75) is 13.3 Å². The summed E-state index contributed by atoms with van der Waals surface area (Å²) >= 11 is 6.22. The predicted molar refractivity (Wildman–Crippen MR) is 139 cm³/mol. The van der Waals surface area contributed by atoms with Gasteiger partial charge in [-0.05, 0) is 55.0 Å². The van der Waals surface area contributed by atoms with Gasteiger partial charge < -0.3 is 20.5 Å². The van der Waals surface area contributed by atoms with E-state index in [2.05, 4.69) is 10.6 Å². The second-order valence-corrected chi connectivity index (χ2v) is 8.34. The van der Waals surface area contributed by atoms with Crippen LogP contribution < -0.4 is 15.5 Å². The SMILES string of the molecule is CCCOC(=O)c1ccccc1N1C(=O)C(Cl)=C(Nc2ccc(C(=O)Nc3ccccc3O)cc2)C1=O. The molecule has 0 atom stereocenters. The van der Waals surface area contributed by atoms with Gasteiger partial charge in [0, 0.05) is 11.3 Å². The molecular weight excluding hydrogens is 498 g/mol. The summed E-state index contributed by atoms with van der Waals surface area (Å²) in [4.78, 5) is 51.9. The van der Waals surface area contributed by atoms with E-state index in [0.29, 0.717) is 17.7 Å². The number of hydrogen-bond donors (Lipinski definition) is 3. The highest BCUT2D eigenvalue weighted by Gasteiger charge is 2.40. The predicted octanol–water partition coefficient (Wildman–Crippen LogP) is 4.65. The van der Waals surface area contributed by atoms with Gasteiger partial charge in [0.25, 0.3) is 17.7 Å². The largest absolute Gasteiger partial charge is 0.506 e. The molecule has 0 spiro atoms. The van der Waals surface area contributed by atoms with Crippen LogP contribution in [0.25, 0.3) is 0 Å². The second kappa shape index (κ2) is 11.0. The molecule has 0 radical (unpaired) electrons. The number of esters is 1. The molecular formula is C27H22ClN3O6. The van der Waals surface area contributed by atoms with Gasteiger partial charge in [0.2, 0.25) is 0 Å². The molecule has 10 heteroatoms. The molecule has 0 saturated carbocycles. The number of nitrogens with one attached hydrogen (secondary N) is 2. The van der Waals surface area contributed by atoms with Crippen molar-refractivity contribution in [2.24, 2.45) is 0 Å². The molecule has 1 aliphatic heterocycles. The molecule has 37 heavy (non-hydrogen) atoms. The Bertz CT molecular complexity index is 1420. The van der Waals surface area contributed by atoms with Crippen molar-refractivity contribution in [3.63, 3.8) is 0 Å². The molecule has 0 saturated heterocycles. The normalized spacial score (nSPS) is 13.1. The van der Waals surface area contributed by atoms with Crippen molar-refractivity contribution in [1.82, 2.24) is 0 Å². The first-order chi connectivity index (χ1) is 17.8. The number of carbonyl (C=O) groups excluding carboxylic acids is 4. The number of anilines is 3. The average molecular weight is 520 g/mol. The monoisotopic (exact) mass is 519 g/mol. The van der Waals surface area contributed by atoms with Crippen molar-refractivity contribution in [3.05, 3.63) is 94.7 Å². The van der Waals surface area contributed by atoms with Gasteiger partial charge in [0.05, 0.1) is 23.5 Å². The number of imide groups is 1. The fourth-order valence-electron chi connectivity index (χ4n) is 3.57. The van der Waals surface area contributed by atoms with Crippen LogP contribution in [0.15, 0.2) is 83.5 Å². The Kier molecular flexibility index (Phi) is 7.55. The Balaban J connectivity index is 1.51. The summed E-state index contributed by atoms with van der Waals surface area (Å²) in [6, 6.07) is 18.5. The van der Waals surface area contributed by atoms with E-state index in [1.54, 1.807) is 30.3 Å². The zero-order chi connectivity index (χ0) is 26.5. The number of nitrogens with zero attached hydrogens (tertiary/aromatic N) is 1. The number of hydrogen-bond acceptors (Lipinski definition) is 7. The second-order valence-electron chi connectivity index (χ2n) is 7.96. The number of phenolic OH excluding ortho intramolecular Hbond substituents is 1. The van der Waals surface area contributed by atoms with E-state index in [0.717, 1.165) is 4.90 Å². The van der Waals surface area contributed by atoms with Crippen LogP contribution in [0.4, 0.5) is 17.1 Å². The van der Waals surface area contributed by atoms with Crippen LogP contribution in [0.3, 0.4) is 0 Å². The summed E-state index contributed by atoms with van der Waals surface area (Å²) in [7, 11) is 0. The van der Waals surface area contributed by atoms with Gasteiger partial charge in [-0.1, -0.05) is 42.8 Å². The van der Waals surface area contributed by atoms with Gasteiger partial charge in [-0.15, -0.1) is 0 Å². The number of benzene rings is 3. The minimum absolute atomic E-state index is 0.0585. The Morgan fingerprint density at radius 1 is 0.946 bits per heavy atom. The molecule has 1 aliphatic rings. The van der Waals surface area contributed by atoms with Gasteiger partial charge >= 0.3 is 5.97 Å². The van der Waals surface area contributed by atoms with E-state index in [1.165, 1.54) is 42.5 Å². The maximum Gasteiger partial charge on any atom is 0.340 e. The van der Waals surface area contributed by atoms with Crippen molar-refractivity contribution in [2.75, 3.05) is 22.1 Å². The van der Waals surface area contributed by atoms with Crippen LogP contribution in [0.1, 0.15) is 34.1 Å². The third-order valence-corrected chi connectivity index (χ3v) is 5.75. The number of aromatic hydroxyl groups is 1. The van der Waals surface area contributed by atoms with Crippen molar-refractivity contribution in [3.8, 4) is 5.75 Å². The summed E-state index contributed by atoms with van der Waals surface area (Å²) < 4.78 is 5.17. The first-order valence-corrected chi connectivity index (χ1v) is 11.7. The van der Waals surface area contributed by atoms with E-state index < -0.39 is 23.7 Å². The summed E-state index contributed by atoms with van der Waals surface area (Å²) in [6.45, 7) is 2.04. The number of carbonyl (C=O) groups is 4. The Hall–Kier alpha value is -4.63. The van der Waals surface area contributed by atoms with Crippen molar-refractivity contribution < 1.29 is 29.0 Å². The summed E-state index contributed by atoms with van der Waals surface area (Å²) in [5, 5.41) is 14.9. The number of ether oxygens (including phenoxy) is 1. The summed E-state index contributed by atoms with van der Waals surface area (Å²) in [5.74, 6) is -2.70. The van der Waals surface area contributed by atoms with E-state index >= 15 is 0 Å². The third-order valence-electron chi connectivity index (χ3n) is 5.40. The lowest BCUT2D eigenvalue weighted by molar-refractivity contribution is -0.120. The highest BCUT2D eigenvalue weighted by molar-refractivity contribution is 6.53. The molecule has 3 aromatic rings. The van der Waals surface area contributed by atoms with Crippen molar-refractivity contribution in [1.29, 1.82) is 0 Å². The van der Waals surface area contributed by atoms with Crippen LogP contribution in [-0.2, 0) is 14.3 Å². The molecule has 3 amide bonds. The Labute approximate surface area is 217 Å². The molecule has 0 aliphatic carbocycles. The lowest BCUT2D eigenvalue weighted by Gasteiger charge is -2.18. The van der Waals surface area contributed by atoms with E-state index in [1.807, 2.05) is 6.92 Å². The smallest absolute Gasteiger partial charge is 0.340 e. The number of halogens is 1. The average Bonchev–Trinajstić information content (AvgIpc) is 3.11. The molecule has 3 N–H and O–H groups in total. The number of rotatable bonds is 8. The fraction of sp³-hybridized carbons (Fsp3) is 0.111. The van der Waals surface area contributed by atoms with Gasteiger partial charge in [-0.25, -0.2) is 9.69 Å². The van der Waals surface area contributed by atoms with Crippen LogP contribution in [0.2, 0.25) is 0 Å². The van der Waals surface area contributed by atoms with Crippen LogP contribution in [-0.4, -0.2) is 35.4 Å². The minimum Gasteiger partial charge on any atom is -0.506 e. The number of amides is 3. The zero-order valence-electron chi connectivity index (χ0n) is 19.7. The van der Waals surface area contributed by atoms with Crippen LogP contribution in [0, 0.1) is 0 Å². The molecule has 4 rings (SSSR count). The van der Waals surface area contributed by atoms with Crippen molar-refractivity contribution >= 4 is 52.4 Å².